The van der Waals surface area contributed by atoms with E-state index in [9.17, 15) is 13.2 Å². The van der Waals surface area contributed by atoms with Crippen molar-refractivity contribution in [3.63, 3.8) is 0 Å². The van der Waals surface area contributed by atoms with Crippen molar-refractivity contribution < 1.29 is 17.9 Å². The van der Waals surface area contributed by atoms with Gasteiger partial charge in [-0.2, -0.15) is 0 Å². The SMILES string of the molecule is COC(=O)c1cccc(S(=O)(=O)NCCc2ccccn2)c1. The first-order chi connectivity index (χ1) is 10.5. The van der Waals surface area contributed by atoms with E-state index >= 15 is 0 Å². The van der Waals surface area contributed by atoms with Gasteiger partial charge in [-0.05, 0) is 30.3 Å². The minimum atomic E-state index is -3.68. The number of methoxy groups -OCH3 is 1. The second-order valence-corrected chi connectivity index (χ2v) is 6.26. The van der Waals surface area contributed by atoms with E-state index in [1.807, 2.05) is 12.1 Å². The van der Waals surface area contributed by atoms with Crippen LogP contribution in [-0.2, 0) is 21.2 Å². The third-order valence-electron chi connectivity index (χ3n) is 2.96. The number of hydrogen-bond donors (Lipinski definition) is 1. The Morgan fingerprint density at radius 1 is 1.23 bits per heavy atom. The molecule has 2 aromatic rings. The van der Waals surface area contributed by atoms with Crippen LogP contribution in [0.15, 0.2) is 53.6 Å². The largest absolute Gasteiger partial charge is 0.465 e. The van der Waals surface area contributed by atoms with Gasteiger partial charge in [0.15, 0.2) is 0 Å². The monoisotopic (exact) mass is 320 g/mol. The lowest BCUT2D eigenvalue weighted by Crippen LogP contribution is -2.26. The number of carbonyl (C=O) groups excluding carboxylic acids is 1. The van der Waals surface area contributed by atoms with Crippen LogP contribution in [0, 0.1) is 0 Å². The normalized spacial score (nSPS) is 11.1. The third kappa shape index (κ3) is 4.12. The van der Waals surface area contributed by atoms with Crippen LogP contribution in [0.5, 0.6) is 0 Å². The van der Waals surface area contributed by atoms with Gasteiger partial charge in [0, 0.05) is 24.9 Å². The van der Waals surface area contributed by atoms with Gasteiger partial charge in [0.05, 0.1) is 17.6 Å². The summed E-state index contributed by atoms with van der Waals surface area (Å²) in [4.78, 5) is 15.6. The number of pyridine rings is 1. The Bertz CT molecular complexity index is 745. The first kappa shape index (κ1) is 16.1. The van der Waals surface area contributed by atoms with Crippen LogP contribution < -0.4 is 4.72 Å². The molecule has 1 aromatic carbocycles. The fourth-order valence-electron chi connectivity index (χ4n) is 1.85. The van der Waals surface area contributed by atoms with Crippen molar-refractivity contribution in [2.24, 2.45) is 0 Å². The second-order valence-electron chi connectivity index (χ2n) is 4.49. The highest BCUT2D eigenvalue weighted by molar-refractivity contribution is 7.89. The highest BCUT2D eigenvalue weighted by Crippen LogP contribution is 2.12. The summed E-state index contributed by atoms with van der Waals surface area (Å²) in [6.45, 7) is 0.224. The lowest BCUT2D eigenvalue weighted by molar-refractivity contribution is 0.0600. The molecule has 22 heavy (non-hydrogen) atoms. The van der Waals surface area contributed by atoms with E-state index < -0.39 is 16.0 Å². The molecule has 0 aliphatic rings. The zero-order valence-corrected chi connectivity index (χ0v) is 12.8. The Kier molecular flexibility index (Phi) is 5.24. The van der Waals surface area contributed by atoms with Crippen LogP contribution >= 0.6 is 0 Å². The van der Waals surface area contributed by atoms with Crippen molar-refractivity contribution in [1.29, 1.82) is 0 Å². The van der Waals surface area contributed by atoms with Crippen LogP contribution in [0.4, 0.5) is 0 Å². The standard InChI is InChI=1S/C15H16N2O4S/c1-21-15(18)12-5-4-7-14(11-12)22(19,20)17-10-8-13-6-2-3-9-16-13/h2-7,9,11,17H,8,10H2,1H3. The Balaban J connectivity index is 2.05. The molecule has 0 amide bonds. The smallest absolute Gasteiger partial charge is 0.337 e. The number of aromatic nitrogens is 1. The van der Waals surface area contributed by atoms with Crippen molar-refractivity contribution in [3.05, 3.63) is 59.9 Å². The highest BCUT2D eigenvalue weighted by Gasteiger charge is 2.16. The lowest BCUT2D eigenvalue weighted by Gasteiger charge is -2.07. The Morgan fingerprint density at radius 3 is 2.73 bits per heavy atom. The van der Waals surface area contributed by atoms with E-state index in [1.54, 1.807) is 12.3 Å². The van der Waals surface area contributed by atoms with Crippen molar-refractivity contribution in [2.75, 3.05) is 13.7 Å². The molecule has 0 spiro atoms. The van der Waals surface area contributed by atoms with E-state index in [0.717, 1.165) is 5.69 Å². The Hall–Kier alpha value is -2.25. The van der Waals surface area contributed by atoms with Crippen molar-refractivity contribution in [1.82, 2.24) is 9.71 Å². The predicted molar refractivity (Wildman–Crippen MR) is 80.9 cm³/mol. The van der Waals surface area contributed by atoms with Gasteiger partial charge in [-0.15, -0.1) is 0 Å². The van der Waals surface area contributed by atoms with Crippen LogP contribution in [0.25, 0.3) is 0 Å². The number of nitrogens with zero attached hydrogens (tertiary/aromatic N) is 1. The van der Waals surface area contributed by atoms with Gasteiger partial charge in [0.25, 0.3) is 0 Å². The fourth-order valence-corrected chi connectivity index (χ4v) is 2.93. The van der Waals surface area contributed by atoms with Crippen LogP contribution in [0.3, 0.4) is 0 Å². The maximum Gasteiger partial charge on any atom is 0.337 e. The quantitative estimate of drug-likeness (QED) is 0.813. The predicted octanol–water partition coefficient (Wildman–Crippen LogP) is 1.39. The number of rotatable bonds is 6. The topological polar surface area (TPSA) is 85.4 Å². The third-order valence-corrected chi connectivity index (χ3v) is 4.42. The molecule has 0 saturated heterocycles. The lowest BCUT2D eigenvalue weighted by atomic mass is 10.2. The molecule has 0 fully saturated rings. The number of carbonyl (C=O) groups is 1. The summed E-state index contributed by atoms with van der Waals surface area (Å²) in [5, 5.41) is 0. The van der Waals surface area contributed by atoms with Gasteiger partial charge in [-0.25, -0.2) is 17.9 Å². The summed E-state index contributed by atoms with van der Waals surface area (Å²) in [6.07, 6.45) is 2.14. The minimum Gasteiger partial charge on any atom is -0.465 e. The van der Waals surface area contributed by atoms with Gasteiger partial charge in [-0.1, -0.05) is 12.1 Å². The molecule has 0 unspecified atom stereocenters. The number of sulfonamides is 1. The average Bonchev–Trinajstić information content (AvgIpc) is 2.55. The highest BCUT2D eigenvalue weighted by atomic mass is 32.2. The average molecular weight is 320 g/mol. The summed E-state index contributed by atoms with van der Waals surface area (Å²) >= 11 is 0. The Labute approximate surface area is 129 Å². The number of ether oxygens (including phenoxy) is 1. The van der Waals surface area contributed by atoms with Crippen LogP contribution in [-0.4, -0.2) is 33.0 Å². The molecule has 6 nitrogen and oxygen atoms in total. The first-order valence-electron chi connectivity index (χ1n) is 6.61. The van der Waals surface area contributed by atoms with Crippen molar-refractivity contribution >= 4 is 16.0 Å². The minimum absolute atomic E-state index is 0.0245. The molecule has 2 rings (SSSR count). The molecule has 116 valence electrons. The summed E-state index contributed by atoms with van der Waals surface area (Å²) < 4.78 is 31.5. The number of nitrogens with one attached hydrogen (secondary N) is 1. The summed E-state index contributed by atoms with van der Waals surface area (Å²) in [6, 6.07) is 11.2. The summed E-state index contributed by atoms with van der Waals surface area (Å²) in [7, 11) is -2.44. The molecule has 0 aliphatic carbocycles. The van der Waals surface area contributed by atoms with Crippen molar-refractivity contribution in [3.8, 4) is 0 Å². The molecule has 0 saturated carbocycles. The molecule has 0 aliphatic heterocycles. The van der Waals surface area contributed by atoms with Crippen molar-refractivity contribution in [2.45, 2.75) is 11.3 Å². The number of esters is 1. The van der Waals surface area contributed by atoms with E-state index in [2.05, 4.69) is 14.4 Å². The second kappa shape index (κ2) is 7.15. The van der Waals surface area contributed by atoms with E-state index in [1.165, 1.54) is 31.4 Å². The van der Waals surface area contributed by atoms with Crippen LogP contribution in [0.2, 0.25) is 0 Å². The summed E-state index contributed by atoms with van der Waals surface area (Å²) in [5.41, 5.74) is 0.989. The van der Waals surface area contributed by atoms with E-state index in [4.69, 9.17) is 0 Å². The van der Waals surface area contributed by atoms with Gasteiger partial charge in [0.1, 0.15) is 0 Å². The molecule has 1 heterocycles. The molecule has 7 heteroatoms. The molecular weight excluding hydrogens is 304 g/mol. The Morgan fingerprint density at radius 2 is 2.05 bits per heavy atom. The molecular formula is C15H16N2O4S. The zero-order chi connectivity index (χ0) is 16.0. The molecule has 0 radical (unpaired) electrons. The molecule has 0 bridgehead atoms. The van der Waals surface area contributed by atoms with Gasteiger partial charge >= 0.3 is 5.97 Å². The van der Waals surface area contributed by atoms with Crippen LogP contribution in [0.1, 0.15) is 16.1 Å². The van der Waals surface area contributed by atoms with E-state index in [0.29, 0.717) is 6.42 Å². The van der Waals surface area contributed by atoms with Gasteiger partial charge < -0.3 is 4.74 Å². The van der Waals surface area contributed by atoms with Gasteiger partial charge in [-0.3, -0.25) is 4.98 Å². The molecule has 1 aromatic heterocycles. The maximum absolute atomic E-state index is 12.2. The number of hydrogen-bond acceptors (Lipinski definition) is 5. The summed E-state index contributed by atoms with van der Waals surface area (Å²) in [5.74, 6) is -0.578. The van der Waals surface area contributed by atoms with E-state index in [-0.39, 0.29) is 17.0 Å². The molecule has 1 N–H and O–H groups in total. The first-order valence-corrected chi connectivity index (χ1v) is 8.09. The van der Waals surface area contributed by atoms with Gasteiger partial charge in [0.2, 0.25) is 10.0 Å². The fraction of sp³-hybridized carbons (Fsp3) is 0.200. The molecule has 0 atom stereocenters. The maximum atomic E-state index is 12.2. The number of benzene rings is 1. The zero-order valence-electron chi connectivity index (χ0n) is 12.0.